The molecule has 0 saturated carbocycles. The number of para-hydroxylation sites is 1. The molecule has 1 aromatic heterocycles. The van der Waals surface area contributed by atoms with Crippen LogP contribution in [0.1, 0.15) is 15.9 Å². The van der Waals surface area contributed by atoms with E-state index in [2.05, 4.69) is 9.88 Å². The molecule has 2 aromatic carbocycles. The summed E-state index contributed by atoms with van der Waals surface area (Å²) in [5.41, 5.74) is 0.104. The highest BCUT2D eigenvalue weighted by Gasteiger charge is 2.39. The molecule has 6 nitrogen and oxygen atoms in total. The van der Waals surface area contributed by atoms with Gasteiger partial charge in [0.05, 0.1) is 23.2 Å². The van der Waals surface area contributed by atoms with Crippen LogP contribution in [-0.2, 0) is 6.18 Å². The third-order valence-corrected chi connectivity index (χ3v) is 7.00. The number of hydrogen-bond donors (Lipinski definition) is 1. The van der Waals surface area contributed by atoms with E-state index in [0.29, 0.717) is 43.3 Å². The van der Waals surface area contributed by atoms with Gasteiger partial charge < -0.3 is 14.9 Å². The topological polar surface area (TPSA) is 59.9 Å². The van der Waals surface area contributed by atoms with Crippen LogP contribution in [0.5, 0.6) is 0 Å². The van der Waals surface area contributed by atoms with Crippen molar-refractivity contribution >= 4 is 34.2 Å². The van der Waals surface area contributed by atoms with Crippen molar-refractivity contribution in [2.75, 3.05) is 44.2 Å². The first-order chi connectivity index (χ1) is 16.7. The Bertz CT molecular complexity index is 1230. The van der Waals surface area contributed by atoms with Crippen LogP contribution in [0, 0.1) is 0 Å². The summed E-state index contributed by atoms with van der Waals surface area (Å²) in [6.07, 6.45) is -5.25. The minimum Gasteiger partial charge on any atom is -0.390 e. The SMILES string of the molecule is O=C(c1ccc(Cl)cc1)N1CCN([C@H]2CN(c3cc(C(F)(F)F)c4ccccc4n3)C[C@@H]2O)CC1. The first-order valence-corrected chi connectivity index (χ1v) is 11.8. The van der Waals surface area contributed by atoms with Gasteiger partial charge >= 0.3 is 6.18 Å². The maximum atomic E-state index is 13.7. The molecular weight excluding hydrogens is 481 g/mol. The maximum Gasteiger partial charge on any atom is 0.417 e. The van der Waals surface area contributed by atoms with Gasteiger partial charge in [-0.2, -0.15) is 13.2 Å². The Hall–Kier alpha value is -2.88. The van der Waals surface area contributed by atoms with Crippen LogP contribution in [0.4, 0.5) is 19.0 Å². The number of pyridine rings is 1. The Morgan fingerprint density at radius 2 is 1.69 bits per heavy atom. The van der Waals surface area contributed by atoms with E-state index >= 15 is 0 Å². The molecule has 0 unspecified atom stereocenters. The van der Waals surface area contributed by atoms with Gasteiger partial charge in [-0.25, -0.2) is 4.98 Å². The molecular formula is C25H24ClF3N4O2. The number of halogens is 4. The molecule has 3 heterocycles. The Balaban J connectivity index is 1.28. The largest absolute Gasteiger partial charge is 0.417 e. The lowest BCUT2D eigenvalue weighted by molar-refractivity contribution is -0.136. The molecule has 2 aliphatic rings. The highest BCUT2D eigenvalue weighted by atomic mass is 35.5. The quantitative estimate of drug-likeness (QED) is 0.586. The van der Waals surface area contributed by atoms with Crippen LogP contribution in [0.15, 0.2) is 54.6 Å². The molecule has 35 heavy (non-hydrogen) atoms. The fraction of sp³-hybridized carbons (Fsp3) is 0.360. The number of rotatable bonds is 3. The number of aromatic nitrogens is 1. The zero-order valence-corrected chi connectivity index (χ0v) is 19.5. The molecule has 0 radical (unpaired) electrons. The van der Waals surface area contributed by atoms with E-state index in [1.807, 2.05) is 0 Å². The molecule has 184 valence electrons. The zero-order chi connectivity index (χ0) is 24.7. The van der Waals surface area contributed by atoms with Crippen molar-refractivity contribution in [2.24, 2.45) is 0 Å². The predicted octanol–water partition coefficient (Wildman–Crippen LogP) is 3.91. The smallest absolute Gasteiger partial charge is 0.390 e. The number of β-amino-alcohol motifs (C(OH)–C–C–N with tert-alkyl or cyclic N) is 1. The average molecular weight is 505 g/mol. The Labute approximate surface area is 205 Å². The summed E-state index contributed by atoms with van der Waals surface area (Å²) in [5.74, 6) is 0.129. The number of carbonyl (C=O) groups excluding carboxylic acids is 1. The van der Waals surface area contributed by atoms with Gasteiger partial charge in [0.15, 0.2) is 0 Å². The molecule has 1 N–H and O–H groups in total. The van der Waals surface area contributed by atoms with Crippen molar-refractivity contribution in [3.05, 3.63) is 70.7 Å². The predicted molar refractivity (Wildman–Crippen MR) is 128 cm³/mol. The van der Waals surface area contributed by atoms with Gasteiger partial charge in [-0.1, -0.05) is 29.8 Å². The number of aliphatic hydroxyl groups is 1. The fourth-order valence-electron chi connectivity index (χ4n) is 4.91. The molecule has 2 aliphatic heterocycles. The highest BCUT2D eigenvalue weighted by molar-refractivity contribution is 6.30. The number of aliphatic hydroxyl groups excluding tert-OH is 1. The van der Waals surface area contributed by atoms with Crippen LogP contribution in [0.2, 0.25) is 5.02 Å². The van der Waals surface area contributed by atoms with E-state index in [1.54, 1.807) is 52.3 Å². The van der Waals surface area contributed by atoms with Gasteiger partial charge in [0, 0.05) is 55.2 Å². The monoisotopic (exact) mass is 504 g/mol. The van der Waals surface area contributed by atoms with E-state index in [1.165, 1.54) is 6.07 Å². The van der Waals surface area contributed by atoms with Gasteiger partial charge in [0.1, 0.15) is 5.82 Å². The van der Waals surface area contributed by atoms with E-state index in [9.17, 15) is 23.1 Å². The minimum absolute atomic E-state index is 0.0570. The number of alkyl halides is 3. The summed E-state index contributed by atoms with van der Waals surface area (Å²) in [4.78, 5) is 22.8. The van der Waals surface area contributed by atoms with Gasteiger partial charge in [0.25, 0.3) is 5.91 Å². The zero-order valence-electron chi connectivity index (χ0n) is 18.7. The standard InChI is InChI=1S/C25H24ClF3N4O2/c26-17-7-5-16(6-8-17)24(35)32-11-9-31(10-12-32)21-14-33(15-22(21)34)23-13-19(25(27,28)29)18-3-1-2-4-20(18)30-23/h1-8,13,21-22,34H,9-12,14-15H2/t21-,22-/m0/s1. The molecule has 0 spiro atoms. The molecule has 2 atom stereocenters. The van der Waals surface area contributed by atoms with E-state index < -0.39 is 17.8 Å². The van der Waals surface area contributed by atoms with Gasteiger partial charge in [-0.05, 0) is 36.4 Å². The van der Waals surface area contributed by atoms with Gasteiger partial charge in [-0.15, -0.1) is 0 Å². The van der Waals surface area contributed by atoms with Crippen molar-refractivity contribution in [3.63, 3.8) is 0 Å². The van der Waals surface area contributed by atoms with Crippen LogP contribution in [0.3, 0.4) is 0 Å². The van der Waals surface area contributed by atoms with Crippen molar-refractivity contribution in [2.45, 2.75) is 18.3 Å². The molecule has 0 bridgehead atoms. The lowest BCUT2D eigenvalue weighted by Crippen LogP contribution is -2.54. The Morgan fingerprint density at radius 3 is 2.37 bits per heavy atom. The first kappa shape index (κ1) is 23.8. The maximum absolute atomic E-state index is 13.7. The normalized spacial score (nSPS) is 21.6. The van der Waals surface area contributed by atoms with Gasteiger partial charge in [-0.3, -0.25) is 9.69 Å². The second-order valence-corrected chi connectivity index (χ2v) is 9.35. The van der Waals surface area contributed by atoms with Crippen molar-refractivity contribution in [1.29, 1.82) is 0 Å². The molecule has 2 fully saturated rings. The molecule has 3 aromatic rings. The number of piperazine rings is 1. The lowest BCUT2D eigenvalue weighted by atomic mass is 10.1. The Morgan fingerprint density at radius 1 is 1.00 bits per heavy atom. The van der Waals surface area contributed by atoms with E-state index in [4.69, 9.17) is 11.6 Å². The molecule has 2 saturated heterocycles. The summed E-state index contributed by atoms with van der Waals surface area (Å²) in [5, 5.41) is 11.4. The molecule has 5 rings (SSSR count). The summed E-state index contributed by atoms with van der Waals surface area (Å²) in [6.45, 7) is 2.67. The molecule has 10 heteroatoms. The highest BCUT2D eigenvalue weighted by Crippen LogP contribution is 2.37. The molecule has 0 aliphatic carbocycles. The summed E-state index contributed by atoms with van der Waals surface area (Å²) in [6, 6.07) is 13.8. The second-order valence-electron chi connectivity index (χ2n) is 8.92. The number of hydrogen-bond acceptors (Lipinski definition) is 5. The van der Waals surface area contributed by atoms with Crippen molar-refractivity contribution in [3.8, 4) is 0 Å². The van der Waals surface area contributed by atoms with Crippen molar-refractivity contribution < 1.29 is 23.1 Å². The van der Waals surface area contributed by atoms with Crippen LogP contribution in [0.25, 0.3) is 10.9 Å². The number of amides is 1. The first-order valence-electron chi connectivity index (χ1n) is 11.4. The number of nitrogens with zero attached hydrogens (tertiary/aromatic N) is 4. The van der Waals surface area contributed by atoms with Gasteiger partial charge in [0.2, 0.25) is 0 Å². The Kier molecular flexibility index (Phi) is 6.33. The summed E-state index contributed by atoms with van der Waals surface area (Å²) in [7, 11) is 0. The number of benzene rings is 2. The average Bonchev–Trinajstić information content (AvgIpc) is 3.24. The van der Waals surface area contributed by atoms with Crippen LogP contribution < -0.4 is 4.90 Å². The third kappa shape index (κ3) is 4.80. The number of fused-ring (bicyclic) bond motifs is 1. The van der Waals surface area contributed by atoms with Crippen molar-refractivity contribution in [1.82, 2.24) is 14.8 Å². The number of carbonyl (C=O) groups is 1. The van der Waals surface area contributed by atoms with Crippen LogP contribution >= 0.6 is 11.6 Å². The molecule has 1 amide bonds. The van der Waals surface area contributed by atoms with Crippen LogP contribution in [-0.4, -0.2) is 77.2 Å². The third-order valence-electron chi connectivity index (χ3n) is 6.75. The summed E-state index contributed by atoms with van der Waals surface area (Å²) >= 11 is 5.90. The minimum atomic E-state index is -4.51. The van der Waals surface area contributed by atoms with E-state index in [0.717, 1.165) is 6.07 Å². The summed E-state index contributed by atoms with van der Waals surface area (Å²) < 4.78 is 41.2. The van der Waals surface area contributed by atoms with E-state index in [-0.39, 0.29) is 35.2 Å². The fourth-order valence-corrected chi connectivity index (χ4v) is 5.03. The lowest BCUT2D eigenvalue weighted by Gasteiger charge is -2.38. The second kappa shape index (κ2) is 9.29. The number of anilines is 1.